The van der Waals surface area contributed by atoms with Crippen molar-refractivity contribution in [3.8, 4) is 0 Å². The molecule has 0 rings (SSSR count). The van der Waals surface area contributed by atoms with Gasteiger partial charge in [0.1, 0.15) is 6.10 Å². The standard InChI is InChI=1S/C10H22O3/c1-5-8(4)9(11)10(12-6-2)13-7-3/h8-11H,5-7H2,1-4H3. The van der Waals surface area contributed by atoms with Gasteiger partial charge >= 0.3 is 0 Å². The topological polar surface area (TPSA) is 38.7 Å². The minimum Gasteiger partial charge on any atom is -0.388 e. The van der Waals surface area contributed by atoms with E-state index < -0.39 is 12.4 Å². The van der Waals surface area contributed by atoms with E-state index in [2.05, 4.69) is 0 Å². The average Bonchev–Trinajstić information content (AvgIpc) is 2.15. The number of hydrogen-bond donors (Lipinski definition) is 1. The van der Waals surface area contributed by atoms with Crippen LogP contribution >= 0.6 is 0 Å². The van der Waals surface area contributed by atoms with Gasteiger partial charge in [0, 0.05) is 13.2 Å². The molecule has 3 heteroatoms. The molecule has 0 bridgehead atoms. The van der Waals surface area contributed by atoms with Crippen LogP contribution in [0.25, 0.3) is 0 Å². The van der Waals surface area contributed by atoms with Gasteiger partial charge in [-0.05, 0) is 19.8 Å². The van der Waals surface area contributed by atoms with Crippen molar-refractivity contribution in [1.29, 1.82) is 0 Å². The van der Waals surface area contributed by atoms with E-state index in [-0.39, 0.29) is 5.92 Å². The highest BCUT2D eigenvalue weighted by Crippen LogP contribution is 2.14. The first-order chi connectivity index (χ1) is 6.17. The van der Waals surface area contributed by atoms with Crippen molar-refractivity contribution in [3.05, 3.63) is 0 Å². The Bertz CT molecular complexity index is 111. The van der Waals surface area contributed by atoms with Gasteiger partial charge in [-0.25, -0.2) is 0 Å². The molecule has 0 aliphatic rings. The highest BCUT2D eigenvalue weighted by Gasteiger charge is 2.24. The number of ether oxygens (including phenoxy) is 2. The Morgan fingerprint density at radius 2 is 1.54 bits per heavy atom. The van der Waals surface area contributed by atoms with Crippen LogP contribution < -0.4 is 0 Å². The molecule has 2 atom stereocenters. The third kappa shape index (κ3) is 4.60. The monoisotopic (exact) mass is 190 g/mol. The normalized spacial score (nSPS) is 16.2. The van der Waals surface area contributed by atoms with Gasteiger partial charge in [-0.15, -0.1) is 0 Å². The first kappa shape index (κ1) is 12.9. The van der Waals surface area contributed by atoms with Gasteiger partial charge in [-0.1, -0.05) is 20.3 Å². The van der Waals surface area contributed by atoms with Gasteiger partial charge in [0.25, 0.3) is 0 Å². The molecule has 0 spiro atoms. The van der Waals surface area contributed by atoms with Crippen LogP contribution in [0.3, 0.4) is 0 Å². The lowest BCUT2D eigenvalue weighted by Crippen LogP contribution is -2.36. The zero-order valence-corrected chi connectivity index (χ0v) is 9.12. The Kier molecular flexibility index (Phi) is 7.23. The molecule has 0 fully saturated rings. The highest BCUT2D eigenvalue weighted by molar-refractivity contribution is 4.66. The van der Waals surface area contributed by atoms with Gasteiger partial charge < -0.3 is 14.6 Å². The number of aliphatic hydroxyl groups excluding tert-OH is 1. The van der Waals surface area contributed by atoms with Crippen LogP contribution in [0.1, 0.15) is 34.1 Å². The third-order valence-corrected chi connectivity index (χ3v) is 2.17. The molecule has 0 aromatic carbocycles. The summed E-state index contributed by atoms with van der Waals surface area (Å²) in [5.41, 5.74) is 0. The Hall–Kier alpha value is -0.120. The minimum absolute atomic E-state index is 0.211. The summed E-state index contributed by atoms with van der Waals surface area (Å²) >= 11 is 0. The fourth-order valence-corrected chi connectivity index (χ4v) is 1.08. The van der Waals surface area contributed by atoms with E-state index in [4.69, 9.17) is 9.47 Å². The minimum atomic E-state index is -0.523. The molecule has 0 aliphatic carbocycles. The van der Waals surface area contributed by atoms with Crippen molar-refractivity contribution < 1.29 is 14.6 Å². The Labute approximate surface area is 81.0 Å². The van der Waals surface area contributed by atoms with Crippen molar-refractivity contribution >= 4 is 0 Å². The highest BCUT2D eigenvalue weighted by atomic mass is 16.7. The molecule has 0 aliphatic heterocycles. The quantitative estimate of drug-likeness (QED) is 0.622. The van der Waals surface area contributed by atoms with Crippen LogP contribution in [0.4, 0.5) is 0 Å². The maximum Gasteiger partial charge on any atom is 0.183 e. The molecule has 0 radical (unpaired) electrons. The number of hydrogen-bond acceptors (Lipinski definition) is 3. The molecule has 0 aromatic heterocycles. The van der Waals surface area contributed by atoms with Gasteiger partial charge in [-0.2, -0.15) is 0 Å². The second-order valence-corrected chi connectivity index (χ2v) is 3.16. The molecule has 80 valence electrons. The summed E-state index contributed by atoms with van der Waals surface area (Å²) in [7, 11) is 0. The third-order valence-electron chi connectivity index (χ3n) is 2.17. The zero-order chi connectivity index (χ0) is 10.3. The van der Waals surface area contributed by atoms with E-state index in [0.29, 0.717) is 13.2 Å². The first-order valence-corrected chi connectivity index (χ1v) is 5.08. The smallest absolute Gasteiger partial charge is 0.183 e. The maximum absolute atomic E-state index is 9.79. The average molecular weight is 190 g/mol. The van der Waals surface area contributed by atoms with Crippen molar-refractivity contribution in [2.24, 2.45) is 5.92 Å². The summed E-state index contributed by atoms with van der Waals surface area (Å²) in [4.78, 5) is 0. The molecule has 1 N–H and O–H groups in total. The van der Waals surface area contributed by atoms with Crippen LogP contribution in [0.15, 0.2) is 0 Å². The van der Waals surface area contributed by atoms with Crippen molar-refractivity contribution in [2.75, 3.05) is 13.2 Å². The largest absolute Gasteiger partial charge is 0.388 e. The van der Waals surface area contributed by atoms with Crippen molar-refractivity contribution in [1.82, 2.24) is 0 Å². The van der Waals surface area contributed by atoms with E-state index in [0.717, 1.165) is 6.42 Å². The summed E-state index contributed by atoms with van der Waals surface area (Å²) in [5.74, 6) is 0.211. The zero-order valence-electron chi connectivity index (χ0n) is 9.12. The molecule has 0 heterocycles. The molecule has 13 heavy (non-hydrogen) atoms. The second kappa shape index (κ2) is 7.30. The molecule has 3 nitrogen and oxygen atoms in total. The first-order valence-electron chi connectivity index (χ1n) is 5.08. The van der Waals surface area contributed by atoms with Crippen molar-refractivity contribution in [3.63, 3.8) is 0 Å². The number of rotatable bonds is 7. The number of aliphatic hydroxyl groups is 1. The molecule has 0 saturated carbocycles. The lowest BCUT2D eigenvalue weighted by molar-refractivity contribution is -0.200. The Morgan fingerprint density at radius 1 is 1.08 bits per heavy atom. The summed E-state index contributed by atoms with van der Waals surface area (Å²) in [6.45, 7) is 8.97. The Balaban J connectivity index is 4.00. The lowest BCUT2D eigenvalue weighted by atomic mass is 10.0. The summed E-state index contributed by atoms with van der Waals surface area (Å²) in [5, 5.41) is 9.79. The van der Waals surface area contributed by atoms with E-state index in [1.54, 1.807) is 0 Å². The van der Waals surface area contributed by atoms with Crippen LogP contribution in [0.5, 0.6) is 0 Å². The summed E-state index contributed by atoms with van der Waals surface area (Å²) in [6.07, 6.45) is -0.0625. The SMILES string of the molecule is CCOC(OCC)C(O)C(C)CC. The van der Waals surface area contributed by atoms with E-state index >= 15 is 0 Å². The Morgan fingerprint density at radius 3 is 1.85 bits per heavy atom. The molecule has 0 aromatic rings. The summed E-state index contributed by atoms with van der Waals surface area (Å²) < 4.78 is 10.6. The molecule has 2 unspecified atom stereocenters. The molecule has 0 amide bonds. The maximum atomic E-state index is 9.79. The van der Waals surface area contributed by atoms with Crippen LogP contribution in [0.2, 0.25) is 0 Å². The van der Waals surface area contributed by atoms with Gasteiger partial charge in [0.05, 0.1) is 0 Å². The van der Waals surface area contributed by atoms with Gasteiger partial charge in [0.2, 0.25) is 0 Å². The lowest BCUT2D eigenvalue weighted by Gasteiger charge is -2.26. The molecular formula is C10H22O3. The molecule has 0 saturated heterocycles. The van der Waals surface area contributed by atoms with E-state index in [1.165, 1.54) is 0 Å². The second-order valence-electron chi connectivity index (χ2n) is 3.16. The predicted octanol–water partition coefficient (Wildman–Crippen LogP) is 1.79. The van der Waals surface area contributed by atoms with Crippen LogP contribution in [-0.4, -0.2) is 30.7 Å². The van der Waals surface area contributed by atoms with Crippen LogP contribution in [0, 0.1) is 5.92 Å². The van der Waals surface area contributed by atoms with Crippen LogP contribution in [-0.2, 0) is 9.47 Å². The molecular weight excluding hydrogens is 168 g/mol. The van der Waals surface area contributed by atoms with Gasteiger partial charge in [0.15, 0.2) is 6.29 Å². The van der Waals surface area contributed by atoms with E-state index in [1.807, 2.05) is 27.7 Å². The van der Waals surface area contributed by atoms with E-state index in [9.17, 15) is 5.11 Å². The summed E-state index contributed by atoms with van der Waals surface area (Å²) in [6, 6.07) is 0. The predicted molar refractivity (Wildman–Crippen MR) is 52.5 cm³/mol. The van der Waals surface area contributed by atoms with Crippen molar-refractivity contribution in [2.45, 2.75) is 46.5 Å². The fraction of sp³-hybridized carbons (Fsp3) is 1.00. The fourth-order valence-electron chi connectivity index (χ4n) is 1.08. The van der Waals surface area contributed by atoms with Gasteiger partial charge in [-0.3, -0.25) is 0 Å².